The summed E-state index contributed by atoms with van der Waals surface area (Å²) >= 11 is 6.30. The molecular weight excluding hydrogens is 474 g/mol. The van der Waals surface area contributed by atoms with Crippen LogP contribution in [0.5, 0.6) is 0 Å². The van der Waals surface area contributed by atoms with Gasteiger partial charge in [0.05, 0.1) is 11.9 Å². The molecule has 0 radical (unpaired) electrons. The van der Waals surface area contributed by atoms with Crippen LogP contribution in [0.25, 0.3) is 0 Å². The fourth-order valence-corrected chi connectivity index (χ4v) is 4.22. The molecule has 0 fully saturated rings. The minimum Gasteiger partial charge on any atom is -0.373 e. The number of aromatic nitrogens is 2. The SMILES string of the molecule is CN(C)CCN(C)c1ccc(Nc2ncc(Cl)c(Nc3ccccc3S(=O)(=O)N(C)C)n2)cc1. The molecule has 0 unspecified atom stereocenters. The molecule has 34 heavy (non-hydrogen) atoms. The molecule has 0 aliphatic rings. The first-order chi connectivity index (χ1) is 16.1. The first-order valence-electron chi connectivity index (χ1n) is 10.6. The summed E-state index contributed by atoms with van der Waals surface area (Å²) in [7, 11) is 5.47. The highest BCUT2D eigenvalue weighted by atomic mass is 35.5. The molecule has 0 atom stereocenters. The number of benzene rings is 2. The molecule has 0 bridgehead atoms. The Morgan fingerprint density at radius 3 is 2.24 bits per heavy atom. The van der Waals surface area contributed by atoms with E-state index in [0.717, 1.165) is 28.8 Å². The quantitative estimate of drug-likeness (QED) is 0.430. The molecule has 3 aromatic rings. The second kappa shape index (κ2) is 11.0. The van der Waals surface area contributed by atoms with Crippen molar-refractivity contribution in [3.63, 3.8) is 0 Å². The van der Waals surface area contributed by atoms with Crippen molar-refractivity contribution in [2.45, 2.75) is 4.90 Å². The number of anilines is 5. The highest BCUT2D eigenvalue weighted by Gasteiger charge is 2.21. The predicted molar refractivity (Wildman–Crippen MR) is 139 cm³/mol. The number of hydrogen-bond acceptors (Lipinski definition) is 8. The molecule has 0 saturated carbocycles. The maximum Gasteiger partial charge on any atom is 0.244 e. The van der Waals surface area contributed by atoms with E-state index < -0.39 is 10.0 Å². The van der Waals surface area contributed by atoms with Crippen molar-refractivity contribution in [2.24, 2.45) is 0 Å². The standard InChI is InChI=1S/C23H30ClN7O2S/c1-29(2)14-15-31(5)18-12-10-17(11-13-18)26-23-25-16-19(24)22(28-23)27-20-8-6-7-9-21(20)34(32,33)30(3)4/h6-13,16H,14-15H2,1-5H3,(H2,25,26,27,28). The molecule has 182 valence electrons. The van der Waals surface area contributed by atoms with E-state index in [2.05, 4.69) is 51.5 Å². The van der Waals surface area contributed by atoms with Crippen LogP contribution in [0.15, 0.2) is 59.6 Å². The Labute approximate surface area is 206 Å². The zero-order valence-electron chi connectivity index (χ0n) is 19.9. The summed E-state index contributed by atoms with van der Waals surface area (Å²) in [6.45, 7) is 1.88. The Morgan fingerprint density at radius 2 is 1.59 bits per heavy atom. The lowest BCUT2D eigenvalue weighted by atomic mass is 10.2. The minimum atomic E-state index is -3.66. The highest BCUT2D eigenvalue weighted by Crippen LogP contribution is 2.30. The largest absolute Gasteiger partial charge is 0.373 e. The molecule has 9 nitrogen and oxygen atoms in total. The van der Waals surface area contributed by atoms with E-state index in [0.29, 0.717) is 17.5 Å². The Morgan fingerprint density at radius 1 is 0.912 bits per heavy atom. The fourth-order valence-electron chi connectivity index (χ4n) is 3.04. The van der Waals surface area contributed by atoms with Crippen molar-refractivity contribution in [1.82, 2.24) is 19.2 Å². The van der Waals surface area contributed by atoms with Gasteiger partial charge < -0.3 is 20.4 Å². The number of halogens is 1. The van der Waals surface area contributed by atoms with Gasteiger partial charge in [0.25, 0.3) is 0 Å². The van der Waals surface area contributed by atoms with Crippen LogP contribution in [-0.4, -0.2) is 75.9 Å². The maximum absolute atomic E-state index is 12.7. The number of nitrogens with one attached hydrogen (secondary N) is 2. The fraction of sp³-hybridized carbons (Fsp3) is 0.304. The van der Waals surface area contributed by atoms with E-state index in [-0.39, 0.29) is 9.92 Å². The zero-order chi connectivity index (χ0) is 24.9. The third-order valence-electron chi connectivity index (χ3n) is 5.09. The van der Waals surface area contributed by atoms with Gasteiger partial charge in [-0.15, -0.1) is 0 Å². The van der Waals surface area contributed by atoms with Gasteiger partial charge >= 0.3 is 0 Å². The van der Waals surface area contributed by atoms with Crippen LogP contribution >= 0.6 is 11.6 Å². The topological polar surface area (TPSA) is 93.7 Å². The molecule has 2 N–H and O–H groups in total. The van der Waals surface area contributed by atoms with Crippen molar-refractivity contribution in [3.05, 3.63) is 59.8 Å². The summed E-state index contributed by atoms with van der Waals surface area (Å²) in [4.78, 5) is 13.1. The second-order valence-electron chi connectivity index (χ2n) is 8.20. The van der Waals surface area contributed by atoms with Gasteiger partial charge in [-0.2, -0.15) is 4.98 Å². The molecule has 0 spiro atoms. The van der Waals surface area contributed by atoms with Crippen molar-refractivity contribution in [3.8, 4) is 0 Å². The average molecular weight is 504 g/mol. The lowest BCUT2D eigenvalue weighted by molar-refractivity contribution is 0.416. The Hall–Kier alpha value is -2.92. The Balaban J connectivity index is 1.78. The maximum atomic E-state index is 12.7. The molecule has 1 heterocycles. The van der Waals surface area contributed by atoms with Crippen molar-refractivity contribution in [2.75, 3.05) is 63.9 Å². The number of likely N-dealkylation sites (N-methyl/N-ethyl adjacent to an activating group) is 2. The lowest BCUT2D eigenvalue weighted by Crippen LogP contribution is -2.28. The van der Waals surface area contributed by atoms with Gasteiger partial charge in [-0.1, -0.05) is 23.7 Å². The molecular formula is C23H30ClN7O2S. The van der Waals surface area contributed by atoms with Gasteiger partial charge in [-0.3, -0.25) is 0 Å². The number of sulfonamides is 1. The van der Waals surface area contributed by atoms with Crippen LogP contribution in [0.3, 0.4) is 0 Å². The molecule has 11 heteroatoms. The van der Waals surface area contributed by atoms with Crippen LogP contribution in [0.1, 0.15) is 0 Å². The monoisotopic (exact) mass is 503 g/mol. The van der Waals surface area contributed by atoms with E-state index in [4.69, 9.17) is 11.6 Å². The lowest BCUT2D eigenvalue weighted by Gasteiger charge is -2.21. The van der Waals surface area contributed by atoms with Gasteiger partial charge in [0, 0.05) is 45.6 Å². The summed E-state index contributed by atoms with van der Waals surface area (Å²) in [6.07, 6.45) is 1.46. The highest BCUT2D eigenvalue weighted by molar-refractivity contribution is 7.89. The minimum absolute atomic E-state index is 0.123. The van der Waals surface area contributed by atoms with E-state index in [1.54, 1.807) is 18.2 Å². The third-order valence-corrected chi connectivity index (χ3v) is 7.24. The van der Waals surface area contributed by atoms with Crippen LogP contribution in [0, 0.1) is 0 Å². The Bertz CT molecular complexity index is 1220. The van der Waals surface area contributed by atoms with Crippen LogP contribution in [-0.2, 0) is 10.0 Å². The van der Waals surface area contributed by atoms with Crippen molar-refractivity contribution >= 4 is 50.5 Å². The Kier molecular flexibility index (Phi) is 8.32. The molecule has 0 aliphatic heterocycles. The summed E-state index contributed by atoms with van der Waals surface area (Å²) in [6, 6.07) is 14.5. The van der Waals surface area contributed by atoms with E-state index in [1.807, 2.05) is 24.3 Å². The van der Waals surface area contributed by atoms with Crippen molar-refractivity contribution < 1.29 is 8.42 Å². The first kappa shape index (κ1) is 25.7. The number of para-hydroxylation sites is 1. The molecule has 0 amide bonds. The van der Waals surface area contributed by atoms with Crippen LogP contribution in [0.2, 0.25) is 5.02 Å². The van der Waals surface area contributed by atoms with Crippen LogP contribution < -0.4 is 15.5 Å². The van der Waals surface area contributed by atoms with Gasteiger partial charge in [0.2, 0.25) is 16.0 Å². The van der Waals surface area contributed by atoms with E-state index in [9.17, 15) is 8.42 Å². The van der Waals surface area contributed by atoms with Crippen LogP contribution in [0.4, 0.5) is 28.8 Å². The number of nitrogens with zero attached hydrogens (tertiary/aromatic N) is 5. The summed E-state index contributed by atoms with van der Waals surface area (Å²) in [5.41, 5.74) is 2.28. The second-order valence-corrected chi connectivity index (χ2v) is 10.7. The summed E-state index contributed by atoms with van der Waals surface area (Å²) in [5, 5.41) is 6.46. The van der Waals surface area contributed by atoms with Gasteiger partial charge in [-0.05, 0) is 50.5 Å². The molecule has 3 rings (SSSR count). The predicted octanol–water partition coefficient (Wildman–Crippen LogP) is 3.87. The van der Waals surface area contributed by atoms with Gasteiger partial charge in [0.1, 0.15) is 9.92 Å². The third kappa shape index (κ3) is 6.35. The van der Waals surface area contributed by atoms with Crippen molar-refractivity contribution in [1.29, 1.82) is 0 Å². The summed E-state index contributed by atoms with van der Waals surface area (Å²) in [5.74, 6) is 0.620. The smallest absolute Gasteiger partial charge is 0.244 e. The molecule has 1 aromatic heterocycles. The number of hydrogen-bond donors (Lipinski definition) is 2. The molecule has 0 saturated heterocycles. The van der Waals surface area contributed by atoms with Gasteiger partial charge in [0.15, 0.2) is 5.82 Å². The van der Waals surface area contributed by atoms with Gasteiger partial charge in [-0.25, -0.2) is 17.7 Å². The molecule has 2 aromatic carbocycles. The van der Waals surface area contributed by atoms with E-state index in [1.165, 1.54) is 26.4 Å². The average Bonchev–Trinajstić information content (AvgIpc) is 2.80. The molecule has 0 aliphatic carbocycles. The normalized spacial score (nSPS) is 11.6. The van der Waals surface area contributed by atoms with E-state index >= 15 is 0 Å². The number of rotatable bonds is 10. The first-order valence-corrected chi connectivity index (χ1v) is 12.4. The zero-order valence-corrected chi connectivity index (χ0v) is 21.5. The summed E-state index contributed by atoms with van der Waals surface area (Å²) < 4.78 is 26.5.